The van der Waals surface area contributed by atoms with Crippen LogP contribution in [0.3, 0.4) is 0 Å². The fourth-order valence-corrected chi connectivity index (χ4v) is 4.14. The first-order valence-corrected chi connectivity index (χ1v) is 9.88. The number of piperidine rings is 1. The van der Waals surface area contributed by atoms with E-state index in [0.717, 1.165) is 52.1 Å². The minimum absolute atomic E-state index is 0.160. The van der Waals surface area contributed by atoms with Crippen LogP contribution < -0.4 is 5.32 Å². The van der Waals surface area contributed by atoms with Crippen molar-refractivity contribution in [1.82, 2.24) is 14.5 Å². The lowest BCUT2D eigenvalue weighted by atomic mass is 10.0. The predicted molar refractivity (Wildman–Crippen MR) is 84.1 cm³/mol. The van der Waals surface area contributed by atoms with Gasteiger partial charge in [-0.05, 0) is 25.8 Å². The Balaban J connectivity index is 1.73. The minimum Gasteiger partial charge on any atom is -0.379 e. The van der Waals surface area contributed by atoms with Crippen LogP contribution in [-0.2, 0) is 19.6 Å². The number of nitrogens with zero attached hydrogens (tertiary/aromatic N) is 2. The third kappa shape index (κ3) is 5.19. The first kappa shape index (κ1) is 17.7. The fourth-order valence-electron chi connectivity index (χ4n) is 3.02. The van der Waals surface area contributed by atoms with Crippen LogP contribution in [0.25, 0.3) is 0 Å². The van der Waals surface area contributed by atoms with Gasteiger partial charge in [-0.25, -0.2) is 8.42 Å². The summed E-state index contributed by atoms with van der Waals surface area (Å²) in [6.07, 6.45) is 4.39. The van der Waals surface area contributed by atoms with Crippen LogP contribution in [0, 0.1) is 0 Å². The van der Waals surface area contributed by atoms with Gasteiger partial charge in [0, 0.05) is 26.2 Å². The largest absolute Gasteiger partial charge is 0.379 e. The molecule has 22 heavy (non-hydrogen) atoms. The van der Waals surface area contributed by atoms with E-state index in [1.807, 2.05) is 0 Å². The topological polar surface area (TPSA) is 79.0 Å². The molecular weight excluding hydrogens is 306 g/mol. The number of morpholine rings is 1. The number of rotatable bonds is 6. The molecule has 0 aromatic heterocycles. The molecule has 0 aromatic carbocycles. The van der Waals surface area contributed by atoms with Crippen LogP contribution in [-0.4, -0.2) is 81.8 Å². The van der Waals surface area contributed by atoms with Crippen molar-refractivity contribution in [1.29, 1.82) is 0 Å². The maximum absolute atomic E-state index is 12.3. The third-order valence-corrected chi connectivity index (χ3v) is 5.53. The zero-order chi connectivity index (χ0) is 16.0. The Labute approximate surface area is 133 Å². The van der Waals surface area contributed by atoms with Crippen molar-refractivity contribution < 1.29 is 17.9 Å². The normalized spacial score (nSPS) is 25.0. The molecule has 128 valence electrons. The summed E-state index contributed by atoms with van der Waals surface area (Å²) in [5.41, 5.74) is 0. The van der Waals surface area contributed by atoms with Gasteiger partial charge in [0.05, 0.1) is 19.5 Å². The van der Waals surface area contributed by atoms with Crippen LogP contribution in [0.2, 0.25) is 0 Å². The number of amides is 1. The quantitative estimate of drug-likeness (QED) is 0.672. The molecule has 1 atom stereocenters. The molecule has 2 rings (SSSR count). The van der Waals surface area contributed by atoms with Crippen molar-refractivity contribution in [3.63, 3.8) is 0 Å². The van der Waals surface area contributed by atoms with Crippen LogP contribution in [0.1, 0.15) is 25.7 Å². The van der Waals surface area contributed by atoms with E-state index in [0.29, 0.717) is 19.5 Å². The first-order chi connectivity index (χ1) is 10.5. The lowest BCUT2D eigenvalue weighted by Crippen LogP contribution is -2.51. The molecule has 0 spiro atoms. The maximum Gasteiger partial charge on any atom is 0.238 e. The summed E-state index contributed by atoms with van der Waals surface area (Å²) < 4.78 is 30.2. The summed E-state index contributed by atoms with van der Waals surface area (Å²) in [5, 5.41) is 2.89. The van der Waals surface area contributed by atoms with Gasteiger partial charge in [-0.15, -0.1) is 0 Å². The molecule has 8 heteroatoms. The van der Waals surface area contributed by atoms with E-state index >= 15 is 0 Å². The Hall–Kier alpha value is -0.700. The van der Waals surface area contributed by atoms with Crippen LogP contribution in [0.15, 0.2) is 0 Å². The highest BCUT2D eigenvalue weighted by Crippen LogP contribution is 2.19. The summed E-state index contributed by atoms with van der Waals surface area (Å²) in [6, 6.07) is -0.535. The molecule has 0 aliphatic carbocycles. The average molecular weight is 333 g/mol. The van der Waals surface area contributed by atoms with Crippen LogP contribution >= 0.6 is 0 Å². The lowest BCUT2D eigenvalue weighted by molar-refractivity contribution is -0.125. The molecule has 0 radical (unpaired) electrons. The van der Waals surface area contributed by atoms with Crippen LogP contribution in [0.4, 0.5) is 0 Å². The third-order valence-electron chi connectivity index (χ3n) is 4.24. The Morgan fingerprint density at radius 1 is 1.23 bits per heavy atom. The fraction of sp³-hybridized carbons (Fsp3) is 0.929. The molecule has 2 fully saturated rings. The summed E-state index contributed by atoms with van der Waals surface area (Å²) >= 11 is 0. The van der Waals surface area contributed by atoms with Crippen molar-refractivity contribution in [3.8, 4) is 0 Å². The lowest BCUT2D eigenvalue weighted by Gasteiger charge is -2.32. The summed E-state index contributed by atoms with van der Waals surface area (Å²) in [4.78, 5) is 14.6. The molecule has 7 nitrogen and oxygen atoms in total. The number of ether oxygens (including phenoxy) is 1. The average Bonchev–Trinajstić information content (AvgIpc) is 2.51. The van der Waals surface area contributed by atoms with Gasteiger partial charge < -0.3 is 10.1 Å². The molecular formula is C14H27N3O4S. The van der Waals surface area contributed by atoms with E-state index in [1.54, 1.807) is 0 Å². The second-order valence-corrected chi connectivity index (χ2v) is 7.92. The maximum atomic E-state index is 12.3. The first-order valence-electron chi connectivity index (χ1n) is 8.03. The van der Waals surface area contributed by atoms with Crippen LogP contribution in [0.5, 0.6) is 0 Å². The van der Waals surface area contributed by atoms with Gasteiger partial charge >= 0.3 is 0 Å². The minimum atomic E-state index is -3.32. The van der Waals surface area contributed by atoms with E-state index in [4.69, 9.17) is 4.74 Å². The SMILES string of the molecule is CS(=O)(=O)N1CCCC[C@@H]1C(=O)NCCCN1CCOCC1. The Bertz CT molecular complexity index is 463. The monoisotopic (exact) mass is 333 g/mol. The summed E-state index contributed by atoms with van der Waals surface area (Å²) in [7, 11) is -3.32. The molecule has 2 aliphatic rings. The zero-order valence-corrected chi connectivity index (χ0v) is 14.1. The van der Waals surface area contributed by atoms with Crippen molar-refractivity contribution in [2.45, 2.75) is 31.7 Å². The standard InChI is InChI=1S/C14H27N3O4S/c1-22(19,20)17-8-3-2-5-13(17)14(18)15-6-4-7-16-9-11-21-12-10-16/h13H,2-12H2,1H3,(H,15,18)/t13-/m1/s1. The van der Waals surface area contributed by atoms with E-state index in [1.165, 1.54) is 10.6 Å². The summed E-state index contributed by atoms with van der Waals surface area (Å²) in [6.45, 7) is 5.41. The second-order valence-electron chi connectivity index (χ2n) is 5.98. The molecule has 1 N–H and O–H groups in total. The molecule has 2 heterocycles. The van der Waals surface area contributed by atoms with Gasteiger partial charge in [0.15, 0.2) is 0 Å². The van der Waals surface area contributed by atoms with Gasteiger partial charge in [-0.3, -0.25) is 9.69 Å². The van der Waals surface area contributed by atoms with Gasteiger partial charge in [-0.1, -0.05) is 6.42 Å². The van der Waals surface area contributed by atoms with Gasteiger partial charge in [-0.2, -0.15) is 4.31 Å². The van der Waals surface area contributed by atoms with E-state index in [9.17, 15) is 13.2 Å². The number of carbonyl (C=O) groups is 1. The molecule has 0 bridgehead atoms. The smallest absolute Gasteiger partial charge is 0.238 e. The Kier molecular flexibility index (Phi) is 6.61. The number of sulfonamides is 1. The van der Waals surface area contributed by atoms with Gasteiger partial charge in [0.1, 0.15) is 6.04 Å². The number of hydrogen-bond donors (Lipinski definition) is 1. The molecule has 0 unspecified atom stereocenters. The number of nitrogens with one attached hydrogen (secondary N) is 1. The van der Waals surface area contributed by atoms with Crippen molar-refractivity contribution in [2.24, 2.45) is 0 Å². The van der Waals surface area contributed by atoms with E-state index < -0.39 is 16.1 Å². The van der Waals surface area contributed by atoms with Crippen molar-refractivity contribution >= 4 is 15.9 Å². The molecule has 1 amide bonds. The number of carbonyl (C=O) groups excluding carboxylic acids is 1. The second kappa shape index (κ2) is 8.24. The highest BCUT2D eigenvalue weighted by molar-refractivity contribution is 7.88. The van der Waals surface area contributed by atoms with Gasteiger partial charge in [0.2, 0.25) is 15.9 Å². The highest BCUT2D eigenvalue weighted by atomic mass is 32.2. The van der Waals surface area contributed by atoms with E-state index in [-0.39, 0.29) is 5.91 Å². The van der Waals surface area contributed by atoms with E-state index in [2.05, 4.69) is 10.2 Å². The van der Waals surface area contributed by atoms with Crippen molar-refractivity contribution in [3.05, 3.63) is 0 Å². The molecule has 2 saturated heterocycles. The molecule has 0 aromatic rings. The van der Waals surface area contributed by atoms with Gasteiger partial charge in [0.25, 0.3) is 0 Å². The Morgan fingerprint density at radius 2 is 1.95 bits per heavy atom. The zero-order valence-electron chi connectivity index (χ0n) is 13.3. The summed E-state index contributed by atoms with van der Waals surface area (Å²) in [5.74, 6) is -0.160. The predicted octanol–water partition coefficient (Wildman–Crippen LogP) is -0.361. The Morgan fingerprint density at radius 3 is 2.64 bits per heavy atom. The van der Waals surface area contributed by atoms with Crippen molar-refractivity contribution in [2.75, 3.05) is 52.2 Å². The number of hydrogen-bond acceptors (Lipinski definition) is 5. The molecule has 0 saturated carbocycles. The molecule has 2 aliphatic heterocycles. The highest BCUT2D eigenvalue weighted by Gasteiger charge is 2.34.